The lowest BCUT2D eigenvalue weighted by molar-refractivity contribution is -0.136. The molecule has 0 saturated carbocycles. The zero-order valence-electron chi connectivity index (χ0n) is 26.1. The summed E-state index contributed by atoms with van der Waals surface area (Å²) < 4.78 is 6.42. The van der Waals surface area contributed by atoms with Gasteiger partial charge in [-0.25, -0.2) is 0 Å². The second-order valence-corrected chi connectivity index (χ2v) is 12.0. The molecule has 2 bridgehead atoms. The monoisotopic (exact) mass is 607 g/mol. The maximum Gasteiger partial charge on any atom is 0.247 e. The van der Waals surface area contributed by atoms with Crippen molar-refractivity contribution in [2.45, 2.75) is 50.9 Å². The number of nitrogens with one attached hydrogen (secondary N) is 4. The molecule has 0 aliphatic carbocycles. The van der Waals surface area contributed by atoms with Gasteiger partial charge in [0, 0.05) is 29.7 Å². The molecule has 0 fully saturated rings. The molecule has 2 aliphatic rings. The first-order valence-corrected chi connectivity index (χ1v) is 15.3. The number of nitrogens with zero attached hydrogens (tertiary/aromatic N) is 1. The van der Waals surface area contributed by atoms with Gasteiger partial charge in [0.25, 0.3) is 0 Å². The number of benzene rings is 3. The van der Waals surface area contributed by atoms with Gasteiger partial charge >= 0.3 is 0 Å². The van der Waals surface area contributed by atoms with Crippen LogP contribution >= 0.6 is 0 Å². The van der Waals surface area contributed by atoms with Crippen LogP contribution in [0.1, 0.15) is 30.5 Å². The van der Waals surface area contributed by atoms with Gasteiger partial charge in [-0.05, 0) is 67.4 Å². The number of rotatable bonds is 8. The van der Waals surface area contributed by atoms with E-state index < -0.39 is 30.1 Å². The average Bonchev–Trinajstić information content (AvgIpc) is 3.44. The molecule has 4 atom stereocenters. The number of fused-ring (bicyclic) bond motifs is 11. The Bertz CT molecular complexity index is 1640. The van der Waals surface area contributed by atoms with Gasteiger partial charge < -0.3 is 25.7 Å². The highest BCUT2D eigenvalue weighted by Gasteiger charge is 2.38. The Morgan fingerprint density at radius 2 is 1.64 bits per heavy atom. The molecule has 0 saturated heterocycles. The van der Waals surface area contributed by atoms with Crippen LogP contribution < -0.4 is 20.7 Å². The number of hydrogen-bond acceptors (Lipinski definition) is 5. The topological polar surface area (TPSA) is 116 Å². The Balaban J connectivity index is 1.50. The van der Waals surface area contributed by atoms with Crippen LogP contribution in [0.2, 0.25) is 0 Å². The predicted molar refractivity (Wildman–Crippen MR) is 176 cm³/mol. The minimum atomic E-state index is -1.09. The molecule has 1 aromatic heterocycles. The molecule has 0 radical (unpaired) electrons. The Labute approximate surface area is 264 Å². The Kier molecular flexibility index (Phi) is 9.99. The molecular formula is C36H41N5O4. The van der Waals surface area contributed by atoms with Crippen LogP contribution in [-0.4, -0.2) is 65.9 Å². The van der Waals surface area contributed by atoms with Crippen molar-refractivity contribution in [3.05, 3.63) is 108 Å². The van der Waals surface area contributed by atoms with Gasteiger partial charge in [-0.1, -0.05) is 74.5 Å². The lowest BCUT2D eigenvalue weighted by Gasteiger charge is -2.33. The number of hydrogen-bond donors (Lipinski definition) is 4. The Morgan fingerprint density at radius 3 is 2.36 bits per heavy atom. The van der Waals surface area contributed by atoms with E-state index >= 15 is 0 Å². The van der Waals surface area contributed by atoms with E-state index in [4.69, 9.17) is 4.74 Å². The van der Waals surface area contributed by atoms with E-state index in [1.54, 1.807) is 12.3 Å². The van der Waals surface area contributed by atoms with Crippen LogP contribution in [0.25, 0.3) is 17.0 Å². The van der Waals surface area contributed by atoms with Crippen LogP contribution in [0.15, 0.2) is 91.3 Å². The van der Waals surface area contributed by atoms with E-state index in [0.717, 1.165) is 27.6 Å². The number of carbonyl (C=O) groups excluding carboxylic acids is 3. The number of aromatic amines is 1. The fourth-order valence-electron chi connectivity index (χ4n) is 5.61. The third kappa shape index (κ3) is 7.80. The first-order valence-electron chi connectivity index (χ1n) is 15.3. The molecule has 9 nitrogen and oxygen atoms in total. The molecule has 3 aromatic carbocycles. The van der Waals surface area contributed by atoms with E-state index in [-0.39, 0.29) is 24.2 Å². The van der Waals surface area contributed by atoms with Crippen molar-refractivity contribution in [1.82, 2.24) is 25.8 Å². The SMILES string of the molecule is CC(C)[C@H]1Oc2ccc(cc2)/C=C\NC(=O)[C@H](Cc2c[nH]c3ccccc23)NC(=O)[C@H]1NC(=O)[C@H](Cc1ccccc1)N(C)C. The average molecular weight is 608 g/mol. The van der Waals surface area contributed by atoms with Crippen LogP contribution in [0.4, 0.5) is 0 Å². The number of carbonyl (C=O) groups is 3. The zero-order valence-corrected chi connectivity index (χ0v) is 26.1. The summed E-state index contributed by atoms with van der Waals surface area (Å²) in [5.74, 6) is -0.780. The smallest absolute Gasteiger partial charge is 0.247 e. The van der Waals surface area contributed by atoms with Crippen LogP contribution in [0.3, 0.4) is 0 Å². The predicted octanol–water partition coefficient (Wildman–Crippen LogP) is 4.06. The summed E-state index contributed by atoms with van der Waals surface area (Å²) in [4.78, 5) is 46.9. The highest BCUT2D eigenvalue weighted by molar-refractivity contribution is 5.94. The molecule has 0 spiro atoms. The van der Waals surface area contributed by atoms with E-state index in [9.17, 15) is 14.4 Å². The number of aromatic nitrogens is 1. The fourth-order valence-corrected chi connectivity index (χ4v) is 5.61. The molecule has 3 heterocycles. The molecule has 9 heteroatoms. The normalized spacial score (nSPS) is 20.3. The second kappa shape index (κ2) is 14.3. The van der Waals surface area contributed by atoms with Crippen molar-refractivity contribution < 1.29 is 19.1 Å². The van der Waals surface area contributed by atoms with Gasteiger partial charge in [-0.3, -0.25) is 19.3 Å². The number of ether oxygens (including phenoxy) is 1. The van der Waals surface area contributed by atoms with Gasteiger partial charge in [0.05, 0.1) is 6.04 Å². The van der Waals surface area contributed by atoms with Crippen molar-refractivity contribution in [1.29, 1.82) is 0 Å². The van der Waals surface area contributed by atoms with Gasteiger partial charge in [0.2, 0.25) is 17.7 Å². The molecule has 0 unspecified atom stereocenters. The minimum absolute atomic E-state index is 0.165. The standard InChI is InChI=1S/C36H41N5O4/c1-23(2)33-32(40-35(43)31(41(3)4)20-25-10-6-5-7-11-25)36(44)39-30(21-26-22-38-29-13-9-8-12-28(26)29)34(42)37-19-18-24-14-16-27(45-33)17-15-24/h5-19,22-23,30-33,38H,20-21H2,1-4H3,(H,37,42)(H,39,44)(H,40,43)/b19-18-/t30-,31-,32-,33+/m0/s1. The highest BCUT2D eigenvalue weighted by atomic mass is 16.5. The summed E-state index contributed by atoms with van der Waals surface area (Å²) in [7, 11) is 3.68. The van der Waals surface area contributed by atoms with Gasteiger partial charge in [0.15, 0.2) is 0 Å². The largest absolute Gasteiger partial charge is 0.487 e. The van der Waals surface area contributed by atoms with Gasteiger partial charge in [-0.15, -0.1) is 0 Å². The van der Waals surface area contributed by atoms with Gasteiger partial charge in [-0.2, -0.15) is 0 Å². The quantitative estimate of drug-likeness (QED) is 0.241. The minimum Gasteiger partial charge on any atom is -0.487 e. The third-order valence-electron chi connectivity index (χ3n) is 8.15. The first-order chi connectivity index (χ1) is 21.7. The maximum absolute atomic E-state index is 14.3. The van der Waals surface area contributed by atoms with E-state index in [2.05, 4.69) is 20.9 Å². The van der Waals surface area contributed by atoms with Crippen LogP contribution in [-0.2, 0) is 27.2 Å². The number of likely N-dealkylation sites (N-methyl/N-ethyl adjacent to an activating group) is 1. The summed E-state index contributed by atoms with van der Waals surface area (Å²) in [5.41, 5.74) is 3.70. The summed E-state index contributed by atoms with van der Waals surface area (Å²) in [6, 6.07) is 22.4. The molecule has 4 N–H and O–H groups in total. The van der Waals surface area contributed by atoms with Crippen LogP contribution in [0, 0.1) is 5.92 Å². The second-order valence-electron chi connectivity index (χ2n) is 12.0. The summed E-state index contributed by atoms with van der Waals surface area (Å²) in [6.07, 6.45) is 5.19. The lowest BCUT2D eigenvalue weighted by Crippen LogP contribution is -2.62. The van der Waals surface area contributed by atoms with E-state index in [1.807, 2.05) is 118 Å². The van der Waals surface area contributed by atoms with Crippen molar-refractivity contribution in [2.75, 3.05) is 14.1 Å². The maximum atomic E-state index is 14.3. The first kappa shape index (κ1) is 31.5. The number of amides is 3. The molecule has 234 valence electrons. The fraction of sp³-hybridized carbons (Fsp3) is 0.306. The number of para-hydroxylation sites is 1. The van der Waals surface area contributed by atoms with Crippen molar-refractivity contribution in [3.8, 4) is 5.75 Å². The summed E-state index contributed by atoms with van der Waals surface area (Å²) in [5, 5.41) is 9.80. The summed E-state index contributed by atoms with van der Waals surface area (Å²) in [6.45, 7) is 3.89. The Hall–Kier alpha value is -4.89. The highest BCUT2D eigenvalue weighted by Crippen LogP contribution is 2.22. The molecule has 3 amide bonds. The van der Waals surface area contributed by atoms with Gasteiger partial charge in [0.1, 0.15) is 23.9 Å². The summed E-state index contributed by atoms with van der Waals surface area (Å²) >= 11 is 0. The third-order valence-corrected chi connectivity index (χ3v) is 8.15. The zero-order chi connectivity index (χ0) is 31.9. The van der Waals surface area contributed by atoms with Crippen molar-refractivity contribution in [2.24, 2.45) is 5.92 Å². The number of H-pyrrole nitrogens is 1. The molecular weight excluding hydrogens is 566 g/mol. The molecule has 4 aromatic rings. The van der Waals surface area contributed by atoms with E-state index in [1.165, 1.54) is 0 Å². The van der Waals surface area contributed by atoms with Crippen molar-refractivity contribution in [3.63, 3.8) is 0 Å². The van der Waals surface area contributed by atoms with E-state index in [0.29, 0.717) is 12.2 Å². The van der Waals surface area contributed by atoms with Crippen LogP contribution in [0.5, 0.6) is 5.75 Å². The molecule has 2 aliphatic heterocycles. The molecule has 45 heavy (non-hydrogen) atoms. The Morgan fingerprint density at radius 1 is 0.933 bits per heavy atom. The lowest BCUT2D eigenvalue weighted by atomic mass is 9.96. The van der Waals surface area contributed by atoms with Crippen molar-refractivity contribution >= 4 is 34.7 Å². The molecule has 6 rings (SSSR count).